The lowest BCUT2D eigenvalue weighted by atomic mass is 9.47. The first-order valence-corrected chi connectivity index (χ1v) is 13.8. The zero-order valence-electron chi connectivity index (χ0n) is 22.0. The third-order valence-electron chi connectivity index (χ3n) is 10.5. The lowest BCUT2D eigenvalue weighted by Crippen LogP contribution is -2.50. The van der Waals surface area contributed by atoms with Crippen molar-refractivity contribution in [3.05, 3.63) is 11.6 Å². The van der Waals surface area contributed by atoms with Gasteiger partial charge in [0.25, 0.3) is 0 Å². The third kappa shape index (κ3) is 5.53. The van der Waals surface area contributed by atoms with Crippen molar-refractivity contribution in [2.24, 2.45) is 52.1 Å². The number of hydrogen-bond acceptors (Lipinski definition) is 3. The Morgan fingerprint density at radius 1 is 1.09 bits per heavy atom. The minimum atomic E-state index is -0.968. The van der Waals surface area contributed by atoms with Crippen LogP contribution in [-0.4, -0.2) is 28.8 Å². The van der Waals surface area contributed by atoms with E-state index in [2.05, 4.69) is 46.4 Å². The van der Waals surface area contributed by atoms with E-state index in [4.69, 9.17) is 5.11 Å². The smallest absolute Gasteiger partial charge is 0.317 e. The zero-order chi connectivity index (χ0) is 24.4. The van der Waals surface area contributed by atoms with Crippen LogP contribution < -0.4 is 5.73 Å². The Kier molecular flexibility index (Phi) is 8.76. The van der Waals surface area contributed by atoms with Crippen molar-refractivity contribution in [3.63, 3.8) is 0 Å². The van der Waals surface area contributed by atoms with Crippen molar-refractivity contribution >= 4 is 5.97 Å². The number of allylic oxidation sites excluding steroid dienone is 1. The normalized spacial score (nSPS) is 40.6. The molecule has 0 spiro atoms. The average molecular weight is 462 g/mol. The number of carboxylic acids is 1. The molecule has 4 N–H and O–H groups in total. The maximum Gasteiger partial charge on any atom is 0.317 e. The summed E-state index contributed by atoms with van der Waals surface area (Å²) < 4.78 is 0. The van der Waals surface area contributed by atoms with E-state index < -0.39 is 5.97 Å². The number of nitrogens with two attached hydrogens (primary N) is 1. The van der Waals surface area contributed by atoms with Crippen LogP contribution in [-0.2, 0) is 4.79 Å². The summed E-state index contributed by atoms with van der Waals surface area (Å²) in [5.74, 6) is 4.49. The van der Waals surface area contributed by atoms with Gasteiger partial charge in [-0.05, 0) is 97.7 Å². The highest BCUT2D eigenvalue weighted by atomic mass is 16.4. The van der Waals surface area contributed by atoms with Crippen molar-refractivity contribution in [3.8, 4) is 0 Å². The minimum absolute atomic E-state index is 0.0766. The lowest BCUT2D eigenvalue weighted by molar-refractivity contribution is -0.135. The minimum Gasteiger partial charge on any atom is -0.480 e. The summed E-state index contributed by atoms with van der Waals surface area (Å²) in [6.07, 6.45) is 17.2. The molecule has 4 aliphatic rings. The molecule has 4 aliphatic carbocycles. The summed E-state index contributed by atoms with van der Waals surface area (Å²) in [5.41, 5.74) is 7.17. The van der Waals surface area contributed by atoms with Crippen LogP contribution >= 0.6 is 0 Å². The highest BCUT2D eigenvalue weighted by Gasteiger charge is 2.59. The Morgan fingerprint density at radius 2 is 1.79 bits per heavy atom. The zero-order valence-corrected chi connectivity index (χ0v) is 22.0. The van der Waals surface area contributed by atoms with Crippen molar-refractivity contribution in [1.82, 2.24) is 0 Å². The fourth-order valence-electron chi connectivity index (χ4n) is 8.67. The quantitative estimate of drug-likeness (QED) is 0.399. The van der Waals surface area contributed by atoms with Gasteiger partial charge in [0.05, 0.1) is 12.6 Å². The third-order valence-corrected chi connectivity index (χ3v) is 10.5. The van der Waals surface area contributed by atoms with E-state index in [1.54, 1.807) is 5.57 Å². The fraction of sp³-hybridized carbons (Fsp3) is 0.897. The van der Waals surface area contributed by atoms with E-state index in [9.17, 15) is 9.90 Å². The van der Waals surface area contributed by atoms with Crippen molar-refractivity contribution in [2.45, 2.75) is 111 Å². The van der Waals surface area contributed by atoms with Gasteiger partial charge in [-0.25, -0.2) is 0 Å². The molecule has 0 unspecified atom stereocenters. The highest BCUT2D eigenvalue weighted by Crippen LogP contribution is 2.67. The number of carboxylic acid groups (broad SMARTS) is 1. The molecule has 0 heterocycles. The largest absolute Gasteiger partial charge is 0.480 e. The molecule has 0 aromatic rings. The molecule has 0 aromatic heterocycles. The number of aliphatic carboxylic acids is 1. The summed E-state index contributed by atoms with van der Waals surface area (Å²) in [5, 5.41) is 17.8. The number of carbonyl (C=O) groups is 1. The van der Waals surface area contributed by atoms with Crippen LogP contribution in [0.2, 0.25) is 0 Å². The van der Waals surface area contributed by atoms with Gasteiger partial charge in [0, 0.05) is 0 Å². The monoisotopic (exact) mass is 461 g/mol. The van der Waals surface area contributed by atoms with Crippen LogP contribution in [0.15, 0.2) is 11.6 Å². The molecule has 3 fully saturated rings. The summed E-state index contributed by atoms with van der Waals surface area (Å²) in [4.78, 5) is 9.24. The van der Waals surface area contributed by atoms with Crippen LogP contribution in [0.5, 0.6) is 0 Å². The Hall–Kier alpha value is -0.870. The fourth-order valence-corrected chi connectivity index (χ4v) is 8.67. The first-order chi connectivity index (χ1) is 15.5. The van der Waals surface area contributed by atoms with Crippen molar-refractivity contribution in [2.75, 3.05) is 6.54 Å². The van der Waals surface area contributed by atoms with E-state index in [0.29, 0.717) is 10.8 Å². The van der Waals surface area contributed by atoms with Crippen LogP contribution in [0, 0.1) is 46.3 Å². The van der Waals surface area contributed by atoms with E-state index in [-0.39, 0.29) is 12.6 Å². The van der Waals surface area contributed by atoms with Crippen molar-refractivity contribution in [1.29, 1.82) is 0 Å². The van der Waals surface area contributed by atoms with Crippen LogP contribution in [0.25, 0.3) is 0 Å². The molecule has 0 saturated heterocycles. The predicted molar refractivity (Wildman–Crippen MR) is 136 cm³/mol. The molecule has 0 aliphatic heterocycles. The summed E-state index contributed by atoms with van der Waals surface area (Å²) in [6, 6.07) is 0. The van der Waals surface area contributed by atoms with Gasteiger partial charge < -0.3 is 15.9 Å². The molecule has 4 nitrogen and oxygen atoms in total. The molecule has 0 aromatic carbocycles. The van der Waals surface area contributed by atoms with Gasteiger partial charge in [0.1, 0.15) is 0 Å². The number of aliphatic hydroxyl groups is 1. The second-order valence-electron chi connectivity index (χ2n) is 12.8. The maximum atomic E-state index is 10.2. The van der Waals surface area contributed by atoms with Gasteiger partial charge in [0.15, 0.2) is 0 Å². The van der Waals surface area contributed by atoms with Gasteiger partial charge >= 0.3 is 5.97 Å². The van der Waals surface area contributed by atoms with Gasteiger partial charge in [-0.15, -0.1) is 0 Å². The van der Waals surface area contributed by atoms with Gasteiger partial charge in [-0.1, -0.05) is 65.5 Å². The Morgan fingerprint density at radius 3 is 2.42 bits per heavy atom. The van der Waals surface area contributed by atoms with E-state index in [1.165, 1.54) is 57.8 Å². The molecule has 0 radical (unpaired) electrons. The highest BCUT2D eigenvalue weighted by molar-refractivity contribution is 5.68. The average Bonchev–Trinajstić information content (AvgIpc) is 3.11. The molecular weight excluding hydrogens is 410 g/mol. The Labute approximate surface area is 202 Å². The maximum absolute atomic E-state index is 10.2. The Balaban J connectivity index is 0.000000555. The number of aliphatic hydroxyl groups excluding tert-OH is 1. The van der Waals surface area contributed by atoms with Gasteiger partial charge in [0.2, 0.25) is 0 Å². The lowest BCUT2D eigenvalue weighted by Gasteiger charge is -2.58. The number of rotatable bonds is 6. The molecular formula is C29H51NO3. The van der Waals surface area contributed by atoms with Crippen LogP contribution in [0.3, 0.4) is 0 Å². The molecule has 3 saturated carbocycles. The summed E-state index contributed by atoms with van der Waals surface area (Å²) in [6.45, 7) is 12.3. The van der Waals surface area contributed by atoms with Gasteiger partial charge in [-0.3, -0.25) is 4.79 Å². The number of fused-ring (bicyclic) bond motifs is 5. The van der Waals surface area contributed by atoms with E-state index >= 15 is 0 Å². The van der Waals surface area contributed by atoms with Crippen LogP contribution in [0.1, 0.15) is 105 Å². The second-order valence-corrected chi connectivity index (χ2v) is 12.8. The molecule has 0 bridgehead atoms. The molecule has 4 heteroatoms. The SMILES string of the molecule is CC(C)CCC[C@@H](C)[C@H]1CC[C@H]2[C@@H]3CC=C4C[C@@H](O)CC[C@]4(C)[C@H]3CC[C@]12C.NCC(=O)O. The molecule has 0 amide bonds. The molecule has 4 rings (SSSR count). The number of hydrogen-bond donors (Lipinski definition) is 3. The summed E-state index contributed by atoms with van der Waals surface area (Å²) >= 11 is 0. The summed E-state index contributed by atoms with van der Waals surface area (Å²) in [7, 11) is 0. The standard InChI is InChI=1S/C27H46O.C2H5NO2/c1-18(2)7-6-8-19(3)23-11-12-24-22-10-9-20-17-21(28)13-15-26(20,4)25(22)14-16-27(23,24)5;3-1-2(4)5/h9,18-19,21-25,28H,6-8,10-17H2,1-5H3;1,3H2,(H,4,5)/t19-,21+,22+,23-,24+,25+,26+,27-;/m1./s1. The van der Waals surface area contributed by atoms with Crippen molar-refractivity contribution < 1.29 is 15.0 Å². The molecule has 190 valence electrons. The molecule has 33 heavy (non-hydrogen) atoms. The first kappa shape index (κ1) is 26.7. The van der Waals surface area contributed by atoms with E-state index in [1.807, 2.05) is 0 Å². The topological polar surface area (TPSA) is 83.5 Å². The van der Waals surface area contributed by atoms with Gasteiger partial charge in [-0.2, -0.15) is 0 Å². The van der Waals surface area contributed by atoms with Crippen LogP contribution in [0.4, 0.5) is 0 Å². The first-order valence-electron chi connectivity index (χ1n) is 13.8. The predicted octanol–water partition coefficient (Wildman–Crippen LogP) is 6.42. The Bertz CT molecular complexity index is 703. The van der Waals surface area contributed by atoms with E-state index in [0.717, 1.165) is 48.3 Å². The second kappa shape index (κ2) is 10.8. The molecule has 8 atom stereocenters.